The van der Waals surface area contributed by atoms with E-state index in [9.17, 15) is 5.11 Å². The molecular formula is C16H32N2O. The van der Waals surface area contributed by atoms with E-state index in [4.69, 9.17) is 0 Å². The highest BCUT2D eigenvalue weighted by atomic mass is 16.3. The average Bonchev–Trinajstić information content (AvgIpc) is 2.28. The van der Waals surface area contributed by atoms with E-state index in [-0.39, 0.29) is 6.10 Å². The van der Waals surface area contributed by atoms with E-state index in [1.807, 2.05) is 0 Å². The number of nitrogens with zero attached hydrogens (tertiary/aromatic N) is 2. The minimum absolute atomic E-state index is 0.0738. The van der Waals surface area contributed by atoms with Gasteiger partial charge in [0, 0.05) is 18.6 Å². The summed E-state index contributed by atoms with van der Waals surface area (Å²) in [5, 5.41) is 10.2. The van der Waals surface area contributed by atoms with Gasteiger partial charge in [-0.25, -0.2) is 0 Å². The predicted molar refractivity (Wildman–Crippen MR) is 80.3 cm³/mol. The van der Waals surface area contributed by atoms with Gasteiger partial charge in [0.05, 0.1) is 6.10 Å². The van der Waals surface area contributed by atoms with Gasteiger partial charge in [-0.15, -0.1) is 0 Å². The highest BCUT2D eigenvalue weighted by molar-refractivity contribution is 4.98. The molecule has 2 saturated carbocycles. The molecule has 2 aliphatic rings. The lowest BCUT2D eigenvalue weighted by molar-refractivity contribution is -0.000703. The van der Waals surface area contributed by atoms with Crippen LogP contribution in [0, 0.1) is 11.8 Å². The lowest BCUT2D eigenvalue weighted by Crippen LogP contribution is -2.57. The largest absolute Gasteiger partial charge is 0.393 e. The fourth-order valence-corrected chi connectivity index (χ4v) is 3.98. The van der Waals surface area contributed by atoms with Gasteiger partial charge in [0.2, 0.25) is 0 Å². The molecule has 3 atom stereocenters. The third kappa shape index (κ3) is 3.50. The summed E-state index contributed by atoms with van der Waals surface area (Å²) < 4.78 is 0. The Morgan fingerprint density at radius 2 is 1.84 bits per heavy atom. The molecule has 0 amide bonds. The van der Waals surface area contributed by atoms with Crippen LogP contribution in [0.4, 0.5) is 0 Å². The van der Waals surface area contributed by atoms with Crippen molar-refractivity contribution in [3.63, 3.8) is 0 Å². The van der Waals surface area contributed by atoms with E-state index >= 15 is 0 Å². The van der Waals surface area contributed by atoms with Crippen molar-refractivity contribution in [2.45, 2.75) is 57.1 Å². The monoisotopic (exact) mass is 268 g/mol. The summed E-state index contributed by atoms with van der Waals surface area (Å²) in [4.78, 5) is 4.87. The Morgan fingerprint density at radius 3 is 2.37 bits per heavy atom. The number of aliphatic hydroxyl groups is 1. The highest BCUT2D eigenvalue weighted by Gasteiger charge is 2.40. The van der Waals surface area contributed by atoms with E-state index < -0.39 is 0 Å². The van der Waals surface area contributed by atoms with Crippen LogP contribution in [0.2, 0.25) is 0 Å². The predicted octanol–water partition coefficient (Wildman–Crippen LogP) is 2.20. The number of likely N-dealkylation sites (N-methyl/N-ethyl adjacent to an activating group) is 2. The smallest absolute Gasteiger partial charge is 0.0580 e. The molecule has 1 N–H and O–H groups in total. The van der Waals surface area contributed by atoms with Gasteiger partial charge < -0.3 is 14.9 Å². The van der Waals surface area contributed by atoms with Gasteiger partial charge in [0.15, 0.2) is 0 Å². The molecule has 0 heterocycles. The standard InChI is InChI=1S/C16H32N2O/c1-13-6-7-15(19)14(10-13)11-18(4)12-16(17(2)3)8-5-9-16/h13-15,19H,5-12H2,1-4H3. The average molecular weight is 268 g/mol. The maximum atomic E-state index is 10.2. The van der Waals surface area contributed by atoms with Crippen molar-refractivity contribution in [2.24, 2.45) is 11.8 Å². The van der Waals surface area contributed by atoms with Gasteiger partial charge in [-0.2, -0.15) is 0 Å². The topological polar surface area (TPSA) is 26.7 Å². The molecule has 3 nitrogen and oxygen atoms in total. The summed E-state index contributed by atoms with van der Waals surface area (Å²) in [6, 6.07) is 0. The van der Waals surface area contributed by atoms with E-state index in [1.54, 1.807) is 0 Å². The maximum Gasteiger partial charge on any atom is 0.0580 e. The first-order valence-corrected chi connectivity index (χ1v) is 7.97. The van der Waals surface area contributed by atoms with Crippen LogP contribution < -0.4 is 0 Å². The van der Waals surface area contributed by atoms with Crippen molar-refractivity contribution in [1.29, 1.82) is 0 Å². The molecular weight excluding hydrogens is 236 g/mol. The highest BCUT2D eigenvalue weighted by Crippen LogP contribution is 2.37. The minimum atomic E-state index is -0.0738. The molecule has 3 heteroatoms. The third-order valence-electron chi connectivity index (χ3n) is 5.55. The molecule has 2 aliphatic carbocycles. The lowest BCUT2D eigenvalue weighted by atomic mass is 9.75. The fourth-order valence-electron chi connectivity index (χ4n) is 3.98. The summed E-state index contributed by atoms with van der Waals surface area (Å²) in [5.74, 6) is 1.27. The zero-order chi connectivity index (χ0) is 14.0. The zero-order valence-electron chi connectivity index (χ0n) is 13.2. The van der Waals surface area contributed by atoms with Crippen molar-refractivity contribution in [3.05, 3.63) is 0 Å². The normalized spacial score (nSPS) is 34.6. The molecule has 0 aromatic heterocycles. The van der Waals surface area contributed by atoms with E-state index in [1.165, 1.54) is 32.1 Å². The molecule has 3 unspecified atom stereocenters. The van der Waals surface area contributed by atoms with Crippen LogP contribution >= 0.6 is 0 Å². The molecule has 0 spiro atoms. The van der Waals surface area contributed by atoms with E-state index in [0.717, 1.165) is 25.4 Å². The number of hydrogen-bond acceptors (Lipinski definition) is 3. The van der Waals surface area contributed by atoms with Crippen LogP contribution in [0.25, 0.3) is 0 Å². The van der Waals surface area contributed by atoms with E-state index in [2.05, 4.69) is 37.9 Å². The molecule has 0 bridgehead atoms. The van der Waals surface area contributed by atoms with Crippen LogP contribution in [0.1, 0.15) is 45.4 Å². The second kappa shape index (κ2) is 6.11. The Hall–Kier alpha value is -0.120. The van der Waals surface area contributed by atoms with E-state index in [0.29, 0.717) is 11.5 Å². The molecule has 0 aromatic carbocycles. The van der Waals surface area contributed by atoms with Gasteiger partial charge in [0.1, 0.15) is 0 Å². The molecule has 0 aromatic rings. The van der Waals surface area contributed by atoms with Crippen molar-refractivity contribution in [2.75, 3.05) is 34.2 Å². The summed E-state index contributed by atoms with van der Waals surface area (Å²) in [7, 11) is 6.66. The number of aliphatic hydroxyl groups excluding tert-OH is 1. The second-order valence-electron chi connectivity index (χ2n) is 7.41. The van der Waals surface area contributed by atoms with Crippen molar-refractivity contribution < 1.29 is 5.11 Å². The number of hydrogen-bond donors (Lipinski definition) is 1. The summed E-state index contributed by atoms with van der Waals surface area (Å²) in [5.41, 5.74) is 0.403. The van der Waals surface area contributed by atoms with Crippen LogP contribution in [-0.4, -0.2) is 60.8 Å². The molecule has 112 valence electrons. The fraction of sp³-hybridized carbons (Fsp3) is 1.00. The second-order valence-corrected chi connectivity index (χ2v) is 7.41. The first-order valence-electron chi connectivity index (χ1n) is 7.97. The number of rotatable bonds is 5. The van der Waals surface area contributed by atoms with Crippen molar-refractivity contribution in [3.8, 4) is 0 Å². The van der Waals surface area contributed by atoms with Gasteiger partial charge in [-0.05, 0) is 71.5 Å². The zero-order valence-corrected chi connectivity index (χ0v) is 13.2. The SMILES string of the molecule is CC1CCC(O)C(CN(C)CC2(N(C)C)CCC2)C1. The summed E-state index contributed by atoms with van der Waals surface area (Å²) in [6.07, 6.45) is 7.34. The first kappa shape index (κ1) is 15.3. The Labute approximate surface area is 119 Å². The molecule has 0 radical (unpaired) electrons. The maximum absolute atomic E-state index is 10.2. The van der Waals surface area contributed by atoms with Crippen molar-refractivity contribution >= 4 is 0 Å². The summed E-state index contributed by atoms with van der Waals surface area (Å²) >= 11 is 0. The van der Waals surface area contributed by atoms with Crippen molar-refractivity contribution in [1.82, 2.24) is 9.80 Å². The quantitative estimate of drug-likeness (QED) is 0.828. The Morgan fingerprint density at radius 1 is 1.16 bits per heavy atom. The molecule has 0 aliphatic heterocycles. The third-order valence-corrected chi connectivity index (χ3v) is 5.55. The lowest BCUT2D eigenvalue weighted by Gasteiger charge is -2.50. The molecule has 0 saturated heterocycles. The molecule has 19 heavy (non-hydrogen) atoms. The Kier molecular flexibility index (Phi) is 4.91. The van der Waals surface area contributed by atoms with Crippen LogP contribution in [0.15, 0.2) is 0 Å². The Bertz CT molecular complexity index is 288. The van der Waals surface area contributed by atoms with Gasteiger partial charge in [-0.1, -0.05) is 6.92 Å². The summed E-state index contributed by atoms with van der Waals surface area (Å²) in [6.45, 7) is 4.53. The first-order chi connectivity index (χ1) is 8.93. The molecule has 2 rings (SSSR count). The Balaban J connectivity index is 1.84. The molecule has 2 fully saturated rings. The minimum Gasteiger partial charge on any atom is -0.393 e. The van der Waals surface area contributed by atoms with Gasteiger partial charge >= 0.3 is 0 Å². The van der Waals surface area contributed by atoms with Crippen LogP contribution in [-0.2, 0) is 0 Å². The van der Waals surface area contributed by atoms with Crippen LogP contribution in [0.5, 0.6) is 0 Å². The van der Waals surface area contributed by atoms with Gasteiger partial charge in [-0.3, -0.25) is 0 Å². The van der Waals surface area contributed by atoms with Crippen LogP contribution in [0.3, 0.4) is 0 Å². The van der Waals surface area contributed by atoms with Gasteiger partial charge in [0.25, 0.3) is 0 Å².